The Morgan fingerprint density at radius 1 is 1.15 bits per heavy atom. The number of benzene rings is 2. The third-order valence-electron chi connectivity index (χ3n) is 5.50. The van der Waals surface area contributed by atoms with Crippen molar-refractivity contribution in [2.24, 2.45) is 0 Å². The monoisotopic (exact) mass is 455 g/mol. The maximum atomic E-state index is 13.6. The second kappa shape index (κ2) is 8.04. The van der Waals surface area contributed by atoms with Gasteiger partial charge in [0.2, 0.25) is 0 Å². The molecule has 1 aliphatic heterocycles. The van der Waals surface area contributed by atoms with Crippen molar-refractivity contribution >= 4 is 0 Å². The van der Waals surface area contributed by atoms with Crippen LogP contribution in [0.4, 0.5) is 13.2 Å². The van der Waals surface area contributed by atoms with Crippen LogP contribution in [0, 0.1) is 6.92 Å². The van der Waals surface area contributed by atoms with E-state index in [1.54, 1.807) is 30.3 Å². The molecule has 1 aliphatic rings. The van der Waals surface area contributed by atoms with Crippen LogP contribution >= 0.6 is 0 Å². The van der Waals surface area contributed by atoms with Crippen LogP contribution in [0.25, 0.3) is 17.1 Å². The van der Waals surface area contributed by atoms with Gasteiger partial charge in [0.25, 0.3) is 0 Å². The fourth-order valence-electron chi connectivity index (χ4n) is 3.96. The highest BCUT2D eigenvalue weighted by atomic mass is 19.4. The topological polar surface area (TPSA) is 67.0 Å². The highest BCUT2D eigenvalue weighted by molar-refractivity contribution is 5.63. The number of hydrogen-bond donors (Lipinski definition) is 0. The third-order valence-corrected chi connectivity index (χ3v) is 5.50. The molecule has 3 heterocycles. The van der Waals surface area contributed by atoms with Crippen LogP contribution < -0.4 is 4.74 Å². The summed E-state index contributed by atoms with van der Waals surface area (Å²) in [7, 11) is 1.57. The van der Waals surface area contributed by atoms with Crippen LogP contribution in [0.1, 0.15) is 28.7 Å². The molecule has 4 aromatic rings. The number of aryl methyl sites for hydroxylation is 1. The summed E-state index contributed by atoms with van der Waals surface area (Å²) in [6, 6.07) is 10.9. The normalized spacial score (nSPS) is 16.0. The Kier molecular flexibility index (Phi) is 5.16. The van der Waals surface area contributed by atoms with Crippen LogP contribution in [0.3, 0.4) is 0 Å². The highest BCUT2D eigenvalue weighted by Crippen LogP contribution is 2.39. The van der Waals surface area contributed by atoms with Crippen molar-refractivity contribution in [3.8, 4) is 22.8 Å². The minimum absolute atomic E-state index is 0.0216. The highest BCUT2D eigenvalue weighted by Gasteiger charge is 2.38. The molecule has 0 amide bonds. The van der Waals surface area contributed by atoms with Gasteiger partial charge in [-0.1, -0.05) is 18.2 Å². The van der Waals surface area contributed by atoms with Crippen LogP contribution in [-0.2, 0) is 17.5 Å². The Balaban J connectivity index is 1.55. The number of fused-ring (bicyclic) bond motifs is 1. The molecule has 0 saturated heterocycles. The van der Waals surface area contributed by atoms with E-state index >= 15 is 0 Å². The van der Waals surface area contributed by atoms with Crippen molar-refractivity contribution in [3.05, 3.63) is 77.6 Å². The first-order valence-electron chi connectivity index (χ1n) is 10.3. The third kappa shape index (κ3) is 3.86. The first kappa shape index (κ1) is 21.2. The lowest BCUT2D eigenvalue weighted by atomic mass is 10.0. The molecule has 0 spiro atoms. The van der Waals surface area contributed by atoms with E-state index in [-0.39, 0.29) is 12.2 Å². The predicted octanol–water partition coefficient (Wildman–Crippen LogP) is 4.59. The van der Waals surface area contributed by atoms with Gasteiger partial charge in [-0.3, -0.25) is 0 Å². The summed E-state index contributed by atoms with van der Waals surface area (Å²) in [5.41, 5.74) is 1.63. The van der Waals surface area contributed by atoms with E-state index in [0.29, 0.717) is 29.5 Å². The molecule has 0 unspecified atom stereocenters. The van der Waals surface area contributed by atoms with Gasteiger partial charge in [-0.25, -0.2) is 14.6 Å². The largest absolute Gasteiger partial charge is 0.495 e. The number of aromatic nitrogens is 5. The summed E-state index contributed by atoms with van der Waals surface area (Å²) in [4.78, 5) is 8.81. The fraction of sp³-hybridized carbons (Fsp3) is 0.261. The van der Waals surface area contributed by atoms with Gasteiger partial charge >= 0.3 is 6.18 Å². The number of ether oxygens (including phenoxy) is 2. The zero-order chi connectivity index (χ0) is 23.2. The van der Waals surface area contributed by atoms with Crippen molar-refractivity contribution < 1.29 is 22.6 Å². The van der Waals surface area contributed by atoms with Crippen LogP contribution in [0.2, 0.25) is 0 Å². The maximum absolute atomic E-state index is 13.6. The Morgan fingerprint density at radius 3 is 2.70 bits per heavy atom. The van der Waals surface area contributed by atoms with Crippen molar-refractivity contribution in [1.82, 2.24) is 24.3 Å². The van der Waals surface area contributed by atoms with Crippen LogP contribution in [0.15, 0.2) is 55.0 Å². The number of alkyl halides is 3. The lowest BCUT2D eigenvalue weighted by Crippen LogP contribution is -2.25. The molecule has 0 aliphatic carbocycles. The van der Waals surface area contributed by atoms with E-state index in [1.165, 1.54) is 12.1 Å². The molecule has 0 saturated carbocycles. The Morgan fingerprint density at radius 2 is 1.97 bits per heavy atom. The summed E-state index contributed by atoms with van der Waals surface area (Å²) in [6.07, 6.45) is -1.89. The summed E-state index contributed by atoms with van der Waals surface area (Å²) in [6.45, 7) is 2.53. The average Bonchev–Trinajstić information content (AvgIpc) is 3.44. The molecule has 2 aromatic heterocycles. The van der Waals surface area contributed by atoms with Gasteiger partial charge in [0.05, 0.1) is 43.5 Å². The van der Waals surface area contributed by atoms with E-state index in [1.807, 2.05) is 29.8 Å². The number of halogens is 3. The van der Waals surface area contributed by atoms with Crippen LogP contribution in [0.5, 0.6) is 5.75 Å². The van der Waals surface area contributed by atoms with E-state index in [2.05, 4.69) is 15.1 Å². The number of imidazole rings is 1. The van der Waals surface area contributed by atoms with Crippen LogP contribution in [-0.4, -0.2) is 38.0 Å². The van der Waals surface area contributed by atoms with E-state index in [4.69, 9.17) is 9.47 Å². The van der Waals surface area contributed by atoms with Gasteiger partial charge in [0.1, 0.15) is 11.9 Å². The molecule has 1 atom stereocenters. The first-order chi connectivity index (χ1) is 15.8. The molecule has 7 nitrogen and oxygen atoms in total. The number of rotatable bonds is 4. The smallest absolute Gasteiger partial charge is 0.416 e. The number of methoxy groups -OCH3 is 1. The van der Waals surface area contributed by atoms with E-state index in [0.717, 1.165) is 17.4 Å². The first-order valence-corrected chi connectivity index (χ1v) is 10.3. The van der Waals surface area contributed by atoms with E-state index < -0.39 is 17.8 Å². The number of nitrogens with zero attached hydrogens (tertiary/aromatic N) is 5. The second-order valence-electron chi connectivity index (χ2n) is 7.66. The molecular formula is C23H20F3N5O2. The molecule has 10 heteroatoms. The lowest BCUT2D eigenvalue weighted by Gasteiger charge is -2.25. The zero-order valence-electron chi connectivity index (χ0n) is 17.9. The summed E-state index contributed by atoms with van der Waals surface area (Å²) in [5.74, 6) is 1.31. The standard InChI is InChI=1S/C23H20F3N5O2/c1-14-12-30(13-27-14)18-8-7-15(11-19(18)32-2)21-28-22-20(33-10-9-31(22)29-21)16-5-3-4-6-17(16)23(24,25)26/h3-8,11-13,20H,9-10H2,1-2H3/t20-/m1/s1. The Hall–Kier alpha value is -3.66. The van der Waals surface area contributed by atoms with Gasteiger partial charge in [-0.2, -0.15) is 18.3 Å². The predicted molar refractivity (Wildman–Crippen MR) is 113 cm³/mol. The molecular weight excluding hydrogens is 435 g/mol. The van der Waals surface area contributed by atoms with Gasteiger partial charge in [-0.05, 0) is 31.2 Å². The SMILES string of the molecule is COc1cc(-c2nc3n(n2)CCO[C@@H]3c2ccccc2C(F)(F)F)ccc1-n1cnc(C)c1. The zero-order valence-corrected chi connectivity index (χ0v) is 17.9. The van der Waals surface area contributed by atoms with Gasteiger partial charge in [0, 0.05) is 17.3 Å². The molecule has 0 N–H and O–H groups in total. The molecule has 5 rings (SSSR count). The van der Waals surface area contributed by atoms with Crippen molar-refractivity contribution in [2.45, 2.75) is 25.7 Å². The van der Waals surface area contributed by atoms with Gasteiger partial charge in [0.15, 0.2) is 11.6 Å². The molecule has 0 bridgehead atoms. The molecule has 0 radical (unpaired) electrons. The quantitative estimate of drug-likeness (QED) is 0.451. The fourth-order valence-corrected chi connectivity index (χ4v) is 3.96. The number of hydrogen-bond acceptors (Lipinski definition) is 5. The summed E-state index contributed by atoms with van der Waals surface area (Å²) < 4.78 is 55.5. The molecule has 2 aromatic carbocycles. The summed E-state index contributed by atoms with van der Waals surface area (Å²) in [5, 5.41) is 4.54. The Bertz CT molecular complexity index is 1310. The van der Waals surface area contributed by atoms with Crippen molar-refractivity contribution in [2.75, 3.05) is 13.7 Å². The molecule has 0 fully saturated rings. The lowest BCUT2D eigenvalue weighted by molar-refractivity contribution is -0.139. The Labute approximate surface area is 187 Å². The second-order valence-corrected chi connectivity index (χ2v) is 7.66. The minimum Gasteiger partial charge on any atom is -0.495 e. The van der Waals surface area contributed by atoms with Gasteiger partial charge < -0.3 is 14.0 Å². The van der Waals surface area contributed by atoms with Crippen molar-refractivity contribution in [3.63, 3.8) is 0 Å². The molecule has 33 heavy (non-hydrogen) atoms. The van der Waals surface area contributed by atoms with Crippen molar-refractivity contribution in [1.29, 1.82) is 0 Å². The van der Waals surface area contributed by atoms with E-state index in [9.17, 15) is 13.2 Å². The maximum Gasteiger partial charge on any atom is 0.416 e. The summed E-state index contributed by atoms with van der Waals surface area (Å²) >= 11 is 0. The molecule has 170 valence electrons. The average molecular weight is 455 g/mol. The van der Waals surface area contributed by atoms with Gasteiger partial charge in [-0.15, -0.1) is 0 Å². The minimum atomic E-state index is -4.50.